The zero-order valence-electron chi connectivity index (χ0n) is 7.96. The van der Waals surface area contributed by atoms with Crippen molar-refractivity contribution < 1.29 is 13.5 Å². The molecule has 2 N–H and O–H groups in total. The van der Waals surface area contributed by atoms with E-state index in [0.717, 1.165) is 0 Å². The molecule has 0 rings (SSSR count). The van der Waals surface area contributed by atoms with Gasteiger partial charge in [-0.05, 0) is 27.7 Å². The second kappa shape index (κ2) is 3.72. The molecule has 0 aliphatic carbocycles. The van der Waals surface area contributed by atoms with Crippen LogP contribution in [-0.2, 0) is 10.0 Å². The first kappa shape index (κ1) is 11.9. The first-order valence-electron chi connectivity index (χ1n) is 3.85. The summed E-state index contributed by atoms with van der Waals surface area (Å²) in [5.41, 5.74) is -1.18. The molecule has 12 heavy (non-hydrogen) atoms. The van der Waals surface area contributed by atoms with Gasteiger partial charge in [-0.3, -0.25) is 0 Å². The van der Waals surface area contributed by atoms with Crippen molar-refractivity contribution >= 4 is 10.0 Å². The molecule has 0 aliphatic rings. The fraction of sp³-hybridized carbons (Fsp3) is 1.00. The Labute approximate surface area is 74.0 Å². The fourth-order valence-corrected chi connectivity index (χ4v) is 2.60. The first-order chi connectivity index (χ1) is 5.12. The van der Waals surface area contributed by atoms with Gasteiger partial charge in [0.25, 0.3) is 0 Å². The van der Waals surface area contributed by atoms with Crippen LogP contribution in [0.15, 0.2) is 0 Å². The highest BCUT2D eigenvalue weighted by molar-refractivity contribution is 7.89. The Kier molecular flexibility index (Phi) is 3.68. The van der Waals surface area contributed by atoms with E-state index in [1.54, 1.807) is 13.8 Å². The lowest BCUT2D eigenvalue weighted by Gasteiger charge is -2.18. The highest BCUT2D eigenvalue weighted by Crippen LogP contribution is 2.04. The van der Waals surface area contributed by atoms with E-state index in [4.69, 9.17) is 0 Å². The predicted octanol–water partition coefficient (Wildman–Crippen LogP) is 0.0851. The molecule has 0 spiro atoms. The molecule has 0 radical (unpaired) electrons. The predicted molar refractivity (Wildman–Crippen MR) is 48.4 cm³/mol. The van der Waals surface area contributed by atoms with Gasteiger partial charge in [0.1, 0.15) is 0 Å². The van der Waals surface area contributed by atoms with Crippen LogP contribution in [-0.4, -0.2) is 30.9 Å². The van der Waals surface area contributed by atoms with E-state index in [1.165, 1.54) is 13.8 Å². The lowest BCUT2D eigenvalue weighted by atomic mass is 10.2. The van der Waals surface area contributed by atoms with Crippen molar-refractivity contribution in [1.29, 1.82) is 0 Å². The van der Waals surface area contributed by atoms with Gasteiger partial charge in [0.2, 0.25) is 10.0 Å². The SMILES string of the molecule is CC(C)NS(=O)(=O)CC(C)(C)O. The molecule has 0 aromatic carbocycles. The van der Waals surface area contributed by atoms with Gasteiger partial charge in [0.15, 0.2) is 0 Å². The molecule has 0 saturated heterocycles. The minimum absolute atomic E-state index is 0.127. The highest BCUT2D eigenvalue weighted by Gasteiger charge is 2.23. The van der Waals surface area contributed by atoms with Crippen LogP contribution >= 0.6 is 0 Å². The molecule has 0 aromatic rings. The third kappa shape index (κ3) is 6.57. The van der Waals surface area contributed by atoms with Crippen molar-refractivity contribution in [2.24, 2.45) is 0 Å². The molecule has 5 heteroatoms. The van der Waals surface area contributed by atoms with Crippen molar-refractivity contribution in [3.8, 4) is 0 Å². The van der Waals surface area contributed by atoms with Crippen LogP contribution in [0, 0.1) is 0 Å². The number of sulfonamides is 1. The minimum Gasteiger partial charge on any atom is -0.389 e. The first-order valence-corrected chi connectivity index (χ1v) is 5.50. The van der Waals surface area contributed by atoms with Crippen molar-refractivity contribution in [3.63, 3.8) is 0 Å². The molecule has 74 valence electrons. The Morgan fingerprint density at radius 2 is 1.83 bits per heavy atom. The Morgan fingerprint density at radius 1 is 1.42 bits per heavy atom. The Balaban J connectivity index is 4.26. The summed E-state index contributed by atoms with van der Waals surface area (Å²) < 4.78 is 24.8. The maximum atomic E-state index is 11.2. The van der Waals surface area contributed by atoms with Crippen LogP contribution in [0.3, 0.4) is 0 Å². The van der Waals surface area contributed by atoms with Crippen molar-refractivity contribution in [2.75, 3.05) is 5.75 Å². The molecule has 0 fully saturated rings. The maximum Gasteiger partial charge on any atom is 0.214 e. The molecule has 0 aromatic heterocycles. The second-order valence-corrected chi connectivity index (χ2v) is 5.60. The minimum atomic E-state index is -3.34. The zero-order valence-corrected chi connectivity index (χ0v) is 8.77. The van der Waals surface area contributed by atoms with Crippen LogP contribution in [0.25, 0.3) is 0 Å². The molecular formula is C7H17NO3S. The van der Waals surface area contributed by atoms with E-state index < -0.39 is 15.6 Å². The highest BCUT2D eigenvalue weighted by atomic mass is 32.2. The van der Waals surface area contributed by atoms with E-state index in [0.29, 0.717) is 0 Å². The molecular weight excluding hydrogens is 178 g/mol. The van der Waals surface area contributed by atoms with Gasteiger partial charge in [0.05, 0.1) is 11.4 Å². The van der Waals surface area contributed by atoms with E-state index in [2.05, 4.69) is 4.72 Å². The van der Waals surface area contributed by atoms with Gasteiger partial charge in [0, 0.05) is 6.04 Å². The smallest absolute Gasteiger partial charge is 0.214 e. The average molecular weight is 195 g/mol. The quantitative estimate of drug-likeness (QED) is 0.668. The summed E-state index contributed by atoms with van der Waals surface area (Å²) >= 11 is 0. The second-order valence-electron chi connectivity index (χ2n) is 3.84. The maximum absolute atomic E-state index is 11.2. The van der Waals surface area contributed by atoms with Crippen LogP contribution < -0.4 is 4.72 Å². The Hall–Kier alpha value is -0.130. The van der Waals surface area contributed by atoms with Crippen LogP contribution in [0.2, 0.25) is 0 Å². The van der Waals surface area contributed by atoms with E-state index in [1.807, 2.05) is 0 Å². The number of hydrogen-bond donors (Lipinski definition) is 2. The van der Waals surface area contributed by atoms with Crippen molar-refractivity contribution in [3.05, 3.63) is 0 Å². The zero-order chi connectivity index (χ0) is 9.99. The summed E-state index contributed by atoms with van der Waals surface area (Å²) in [6.45, 7) is 6.41. The molecule has 0 unspecified atom stereocenters. The topological polar surface area (TPSA) is 66.4 Å². The Bertz CT molecular complexity index is 226. The van der Waals surface area contributed by atoms with Crippen LogP contribution in [0.4, 0.5) is 0 Å². The van der Waals surface area contributed by atoms with Crippen molar-refractivity contribution in [2.45, 2.75) is 39.3 Å². The molecule has 0 heterocycles. The summed E-state index contributed by atoms with van der Waals surface area (Å²) in [6, 6.07) is -0.127. The summed E-state index contributed by atoms with van der Waals surface area (Å²) in [5, 5.41) is 9.25. The number of aliphatic hydroxyl groups is 1. The fourth-order valence-electron chi connectivity index (χ4n) is 0.866. The van der Waals surface area contributed by atoms with Gasteiger partial charge in [-0.2, -0.15) is 0 Å². The summed E-state index contributed by atoms with van der Waals surface area (Å²) in [7, 11) is -3.34. The third-order valence-electron chi connectivity index (χ3n) is 0.959. The van der Waals surface area contributed by atoms with Crippen LogP contribution in [0.1, 0.15) is 27.7 Å². The molecule has 4 nitrogen and oxygen atoms in total. The Morgan fingerprint density at radius 3 is 2.08 bits per heavy atom. The van der Waals surface area contributed by atoms with Gasteiger partial charge >= 0.3 is 0 Å². The summed E-state index contributed by atoms with van der Waals surface area (Å²) in [6.07, 6.45) is 0. The monoisotopic (exact) mass is 195 g/mol. The van der Waals surface area contributed by atoms with E-state index >= 15 is 0 Å². The van der Waals surface area contributed by atoms with E-state index in [9.17, 15) is 13.5 Å². The van der Waals surface area contributed by atoms with Gasteiger partial charge in [-0.1, -0.05) is 0 Å². The molecule has 0 aliphatic heterocycles. The van der Waals surface area contributed by atoms with Crippen LogP contribution in [0.5, 0.6) is 0 Å². The lowest BCUT2D eigenvalue weighted by molar-refractivity contribution is 0.104. The molecule has 0 atom stereocenters. The summed E-state index contributed by atoms with van der Waals surface area (Å²) in [4.78, 5) is 0. The van der Waals surface area contributed by atoms with Gasteiger partial charge in [-0.15, -0.1) is 0 Å². The van der Waals surface area contributed by atoms with E-state index in [-0.39, 0.29) is 11.8 Å². The standard InChI is InChI=1S/C7H17NO3S/c1-6(2)8-12(10,11)5-7(3,4)9/h6,8-9H,5H2,1-4H3. The average Bonchev–Trinajstić information content (AvgIpc) is 1.48. The number of nitrogens with one attached hydrogen (secondary N) is 1. The number of hydrogen-bond acceptors (Lipinski definition) is 3. The van der Waals surface area contributed by atoms with Gasteiger partial charge in [-0.25, -0.2) is 13.1 Å². The third-order valence-corrected chi connectivity index (χ3v) is 2.88. The van der Waals surface area contributed by atoms with Crippen molar-refractivity contribution in [1.82, 2.24) is 4.72 Å². The molecule has 0 amide bonds. The number of rotatable bonds is 4. The summed E-state index contributed by atoms with van der Waals surface area (Å²) in [5.74, 6) is -0.266. The largest absolute Gasteiger partial charge is 0.389 e. The van der Waals surface area contributed by atoms with Gasteiger partial charge < -0.3 is 5.11 Å². The lowest BCUT2D eigenvalue weighted by Crippen LogP contribution is -2.40. The molecule has 0 saturated carbocycles. The normalized spacial score (nSPS) is 13.8. The molecule has 0 bridgehead atoms.